The molecule has 0 aliphatic carbocycles. The van der Waals surface area contributed by atoms with Crippen LogP contribution in [0.3, 0.4) is 0 Å². The van der Waals surface area contributed by atoms with Crippen LogP contribution in [0.4, 0.5) is 5.69 Å². The molecule has 0 saturated heterocycles. The number of aryl methyl sites for hydroxylation is 3. The summed E-state index contributed by atoms with van der Waals surface area (Å²) in [5.74, 6) is 0. The van der Waals surface area contributed by atoms with Gasteiger partial charge in [-0.05, 0) is 49.6 Å². The number of thiophene rings is 1. The molecule has 1 nitrogen and oxygen atoms in total. The normalized spacial score (nSPS) is 10.6. The van der Waals surface area contributed by atoms with Crippen LogP contribution >= 0.6 is 11.3 Å². The lowest BCUT2D eigenvalue weighted by Gasteiger charge is -2.07. The second kappa shape index (κ2) is 6.05. The van der Waals surface area contributed by atoms with Gasteiger partial charge in [0.05, 0.1) is 0 Å². The molecule has 2 heteroatoms. The van der Waals surface area contributed by atoms with Gasteiger partial charge < -0.3 is 5.32 Å². The van der Waals surface area contributed by atoms with Gasteiger partial charge in [0.15, 0.2) is 0 Å². The van der Waals surface area contributed by atoms with Crippen molar-refractivity contribution < 1.29 is 0 Å². The molecule has 18 heavy (non-hydrogen) atoms. The van der Waals surface area contributed by atoms with Crippen molar-refractivity contribution in [3.63, 3.8) is 0 Å². The highest BCUT2D eigenvalue weighted by Crippen LogP contribution is 2.21. The van der Waals surface area contributed by atoms with Gasteiger partial charge in [0.2, 0.25) is 0 Å². The van der Waals surface area contributed by atoms with Crippen LogP contribution in [0.2, 0.25) is 0 Å². The molecule has 2 rings (SSSR count). The molecule has 2 aromatic rings. The first-order chi connectivity index (χ1) is 8.69. The molecular weight excluding hydrogens is 238 g/mol. The summed E-state index contributed by atoms with van der Waals surface area (Å²) in [6.07, 6.45) is 2.38. The van der Waals surface area contributed by atoms with Crippen LogP contribution < -0.4 is 5.32 Å². The van der Waals surface area contributed by atoms with Gasteiger partial charge in [-0.2, -0.15) is 0 Å². The van der Waals surface area contributed by atoms with E-state index in [4.69, 9.17) is 0 Å². The Morgan fingerprint density at radius 3 is 2.39 bits per heavy atom. The van der Waals surface area contributed by atoms with Crippen LogP contribution in [-0.4, -0.2) is 0 Å². The number of hydrogen-bond donors (Lipinski definition) is 1. The van der Waals surface area contributed by atoms with Crippen LogP contribution in [0, 0.1) is 13.8 Å². The van der Waals surface area contributed by atoms with Crippen molar-refractivity contribution in [3.8, 4) is 0 Å². The molecule has 0 spiro atoms. The fraction of sp³-hybridized carbons (Fsp3) is 0.375. The molecule has 0 unspecified atom stereocenters. The van der Waals surface area contributed by atoms with E-state index in [2.05, 4.69) is 56.4 Å². The molecule has 0 amide bonds. The fourth-order valence-corrected chi connectivity index (χ4v) is 3.08. The Bertz CT molecular complexity index is 496. The minimum atomic E-state index is 0.920. The van der Waals surface area contributed by atoms with E-state index >= 15 is 0 Å². The molecule has 96 valence electrons. The summed E-state index contributed by atoms with van der Waals surface area (Å²) in [4.78, 5) is 2.81. The zero-order valence-corrected chi connectivity index (χ0v) is 12.2. The average molecular weight is 259 g/mol. The third-order valence-corrected chi connectivity index (χ3v) is 4.13. The van der Waals surface area contributed by atoms with Crippen molar-refractivity contribution in [3.05, 3.63) is 51.2 Å². The smallest absolute Gasteiger partial charge is 0.0411 e. The molecule has 0 aliphatic rings. The maximum atomic E-state index is 3.49. The molecule has 0 saturated carbocycles. The molecule has 0 atom stereocenters. The topological polar surface area (TPSA) is 12.0 Å². The van der Waals surface area contributed by atoms with Gasteiger partial charge in [-0.15, -0.1) is 11.3 Å². The molecule has 1 N–H and O–H groups in total. The third-order valence-electron chi connectivity index (χ3n) is 3.12. The lowest BCUT2D eigenvalue weighted by Crippen LogP contribution is -1.99. The summed E-state index contributed by atoms with van der Waals surface area (Å²) < 4.78 is 0. The monoisotopic (exact) mass is 259 g/mol. The Morgan fingerprint density at radius 2 is 1.83 bits per heavy atom. The van der Waals surface area contributed by atoms with Gasteiger partial charge in [0.25, 0.3) is 0 Å². The van der Waals surface area contributed by atoms with E-state index in [1.165, 1.54) is 39.4 Å². The Morgan fingerprint density at radius 1 is 1.11 bits per heavy atom. The standard InChI is InChI=1S/C16H21NS/c1-4-5-14-6-8-16(9-7-14)17-11-15-10-12(2)18-13(15)3/h6-10,17H,4-5,11H2,1-3H3. The lowest BCUT2D eigenvalue weighted by atomic mass is 10.1. The Hall–Kier alpha value is -1.28. The molecule has 1 heterocycles. The predicted octanol–water partition coefficient (Wildman–Crippen LogP) is 4.93. The number of rotatable bonds is 5. The summed E-state index contributed by atoms with van der Waals surface area (Å²) in [5, 5.41) is 3.49. The van der Waals surface area contributed by atoms with Crippen molar-refractivity contribution in [2.75, 3.05) is 5.32 Å². The van der Waals surface area contributed by atoms with Crippen LogP contribution in [0.5, 0.6) is 0 Å². The van der Waals surface area contributed by atoms with Crippen molar-refractivity contribution in [2.45, 2.75) is 40.2 Å². The van der Waals surface area contributed by atoms with Crippen molar-refractivity contribution >= 4 is 17.0 Å². The summed E-state index contributed by atoms with van der Waals surface area (Å²) >= 11 is 1.87. The summed E-state index contributed by atoms with van der Waals surface area (Å²) in [7, 11) is 0. The number of benzene rings is 1. The lowest BCUT2D eigenvalue weighted by molar-refractivity contribution is 0.922. The molecule has 0 fully saturated rings. The van der Waals surface area contributed by atoms with Gasteiger partial charge in [0.1, 0.15) is 0 Å². The van der Waals surface area contributed by atoms with Crippen LogP contribution in [0.15, 0.2) is 30.3 Å². The number of hydrogen-bond acceptors (Lipinski definition) is 2. The largest absolute Gasteiger partial charge is 0.381 e. The zero-order chi connectivity index (χ0) is 13.0. The SMILES string of the molecule is CCCc1ccc(NCc2cc(C)sc2C)cc1. The van der Waals surface area contributed by atoms with E-state index in [1.807, 2.05) is 11.3 Å². The first-order valence-electron chi connectivity index (χ1n) is 6.57. The molecule has 0 aliphatic heterocycles. The summed E-state index contributed by atoms with van der Waals surface area (Å²) in [5.41, 5.74) is 4.04. The average Bonchev–Trinajstić information content (AvgIpc) is 2.67. The van der Waals surface area contributed by atoms with E-state index in [9.17, 15) is 0 Å². The van der Waals surface area contributed by atoms with Gasteiger partial charge in [0, 0.05) is 22.0 Å². The summed E-state index contributed by atoms with van der Waals surface area (Å²) in [6.45, 7) is 7.50. The van der Waals surface area contributed by atoms with Crippen LogP contribution in [0.1, 0.15) is 34.2 Å². The molecule has 1 aromatic carbocycles. The zero-order valence-electron chi connectivity index (χ0n) is 11.4. The second-order valence-electron chi connectivity index (χ2n) is 4.74. The van der Waals surface area contributed by atoms with Gasteiger partial charge in [-0.3, -0.25) is 0 Å². The van der Waals surface area contributed by atoms with E-state index in [1.54, 1.807) is 0 Å². The number of nitrogens with one attached hydrogen (secondary N) is 1. The van der Waals surface area contributed by atoms with Crippen molar-refractivity contribution in [1.29, 1.82) is 0 Å². The molecule has 1 aromatic heterocycles. The third kappa shape index (κ3) is 3.36. The van der Waals surface area contributed by atoms with Crippen LogP contribution in [-0.2, 0) is 13.0 Å². The molecule has 0 radical (unpaired) electrons. The van der Waals surface area contributed by atoms with E-state index in [-0.39, 0.29) is 0 Å². The van der Waals surface area contributed by atoms with Gasteiger partial charge in [-0.25, -0.2) is 0 Å². The Kier molecular flexibility index (Phi) is 4.43. The number of anilines is 1. The predicted molar refractivity (Wildman–Crippen MR) is 81.6 cm³/mol. The molecule has 0 bridgehead atoms. The van der Waals surface area contributed by atoms with Gasteiger partial charge >= 0.3 is 0 Å². The fourth-order valence-electron chi connectivity index (χ4n) is 2.13. The highest BCUT2D eigenvalue weighted by Gasteiger charge is 2.02. The quantitative estimate of drug-likeness (QED) is 0.803. The van der Waals surface area contributed by atoms with E-state index in [0.29, 0.717) is 0 Å². The molecular formula is C16H21NS. The minimum Gasteiger partial charge on any atom is -0.381 e. The first kappa shape index (κ1) is 13.2. The highest BCUT2D eigenvalue weighted by molar-refractivity contribution is 7.12. The Balaban J connectivity index is 1.95. The maximum absolute atomic E-state index is 3.49. The minimum absolute atomic E-state index is 0.920. The van der Waals surface area contributed by atoms with Gasteiger partial charge in [-0.1, -0.05) is 25.5 Å². The van der Waals surface area contributed by atoms with E-state index in [0.717, 1.165) is 6.54 Å². The first-order valence-corrected chi connectivity index (χ1v) is 7.39. The second-order valence-corrected chi connectivity index (χ2v) is 6.20. The van der Waals surface area contributed by atoms with Crippen molar-refractivity contribution in [1.82, 2.24) is 0 Å². The highest BCUT2D eigenvalue weighted by atomic mass is 32.1. The maximum Gasteiger partial charge on any atom is 0.0411 e. The summed E-state index contributed by atoms with van der Waals surface area (Å²) in [6, 6.07) is 11.1. The van der Waals surface area contributed by atoms with Crippen molar-refractivity contribution in [2.24, 2.45) is 0 Å². The Labute approximate surface area is 114 Å². The van der Waals surface area contributed by atoms with E-state index < -0.39 is 0 Å². The van der Waals surface area contributed by atoms with Crippen LogP contribution in [0.25, 0.3) is 0 Å².